The third kappa shape index (κ3) is 10.6. The summed E-state index contributed by atoms with van der Waals surface area (Å²) in [4.78, 5) is 35.3. The number of carbonyl (C=O) groups excluding carboxylic acids is 2. The van der Waals surface area contributed by atoms with Gasteiger partial charge in [-0.05, 0) is 51.8 Å². The SMILES string of the molecule is CC/C(N)=C(/C=NC)c1ccc(/C(C=O)=N\N)nc1.CC1CCCN1CC=O.CNc1cnc(C)c(NC)c1. The Hall–Kier alpha value is -4.12. The number of allylic oxidation sites excluding steroid dienone is 2. The van der Waals surface area contributed by atoms with E-state index in [1.54, 1.807) is 31.6 Å². The van der Waals surface area contributed by atoms with Crippen molar-refractivity contribution in [1.29, 1.82) is 0 Å². The van der Waals surface area contributed by atoms with Crippen LogP contribution in [0.2, 0.25) is 0 Å². The van der Waals surface area contributed by atoms with E-state index in [-0.39, 0.29) is 5.71 Å². The highest BCUT2D eigenvalue weighted by Crippen LogP contribution is 2.17. The number of hydrogen-bond donors (Lipinski definition) is 4. The molecule has 0 bridgehead atoms. The zero-order chi connectivity index (χ0) is 29.2. The number of carbonyl (C=O) groups is 2. The van der Waals surface area contributed by atoms with Gasteiger partial charge in [-0.1, -0.05) is 13.0 Å². The molecule has 1 unspecified atom stereocenters. The number of rotatable bonds is 9. The Morgan fingerprint density at radius 2 is 1.95 bits per heavy atom. The number of nitrogens with one attached hydrogen (secondary N) is 2. The van der Waals surface area contributed by atoms with E-state index < -0.39 is 0 Å². The van der Waals surface area contributed by atoms with Crippen LogP contribution in [0.3, 0.4) is 0 Å². The quantitative estimate of drug-likeness (QED) is 0.163. The molecule has 0 aliphatic carbocycles. The van der Waals surface area contributed by atoms with Crippen molar-refractivity contribution in [3.05, 3.63) is 53.2 Å². The lowest BCUT2D eigenvalue weighted by atomic mass is 10.0. The summed E-state index contributed by atoms with van der Waals surface area (Å²) in [7, 11) is 5.45. The molecule has 39 heavy (non-hydrogen) atoms. The lowest BCUT2D eigenvalue weighted by Crippen LogP contribution is -2.28. The molecule has 2 aromatic heterocycles. The molecule has 0 spiro atoms. The maximum Gasteiger partial charge on any atom is 0.172 e. The molecular formula is C28H43N9O2. The Morgan fingerprint density at radius 3 is 2.41 bits per heavy atom. The summed E-state index contributed by atoms with van der Waals surface area (Å²) in [6, 6.07) is 6.14. The first-order valence-electron chi connectivity index (χ1n) is 12.9. The summed E-state index contributed by atoms with van der Waals surface area (Å²) in [6.07, 6.45) is 9.90. The van der Waals surface area contributed by atoms with Crippen LogP contribution in [0.4, 0.5) is 11.4 Å². The fourth-order valence-corrected chi connectivity index (χ4v) is 3.81. The fourth-order valence-electron chi connectivity index (χ4n) is 3.81. The van der Waals surface area contributed by atoms with Gasteiger partial charge in [0, 0.05) is 56.4 Å². The van der Waals surface area contributed by atoms with Gasteiger partial charge in [0.15, 0.2) is 6.29 Å². The van der Waals surface area contributed by atoms with E-state index in [4.69, 9.17) is 11.6 Å². The van der Waals surface area contributed by atoms with Crippen LogP contribution >= 0.6 is 0 Å². The molecule has 1 saturated heterocycles. The van der Waals surface area contributed by atoms with Gasteiger partial charge in [0.05, 0.1) is 35.5 Å². The third-order valence-corrected chi connectivity index (χ3v) is 6.22. The maximum atomic E-state index is 10.7. The van der Waals surface area contributed by atoms with Crippen molar-refractivity contribution in [3.8, 4) is 0 Å². The number of aliphatic imine (C=N–C) groups is 1. The van der Waals surface area contributed by atoms with Gasteiger partial charge in [0.1, 0.15) is 12.0 Å². The first kappa shape index (κ1) is 32.9. The van der Waals surface area contributed by atoms with E-state index in [0.29, 0.717) is 31.0 Å². The molecule has 6 N–H and O–H groups in total. The van der Waals surface area contributed by atoms with E-state index in [0.717, 1.165) is 46.7 Å². The normalized spacial score (nSPS) is 15.8. The van der Waals surface area contributed by atoms with Crippen molar-refractivity contribution < 1.29 is 9.59 Å². The zero-order valence-corrected chi connectivity index (χ0v) is 23.9. The predicted molar refractivity (Wildman–Crippen MR) is 161 cm³/mol. The van der Waals surface area contributed by atoms with Gasteiger partial charge in [0.25, 0.3) is 0 Å². The average molecular weight is 538 g/mol. The minimum Gasteiger partial charge on any atom is -0.402 e. The fraction of sp³-hybridized carbons (Fsp3) is 0.429. The van der Waals surface area contributed by atoms with Crippen LogP contribution < -0.4 is 22.2 Å². The zero-order valence-electron chi connectivity index (χ0n) is 23.9. The van der Waals surface area contributed by atoms with E-state index in [2.05, 4.69) is 42.5 Å². The average Bonchev–Trinajstić information content (AvgIpc) is 3.37. The second-order valence-electron chi connectivity index (χ2n) is 8.75. The minimum atomic E-state index is 0.102. The maximum absolute atomic E-state index is 10.7. The molecule has 0 radical (unpaired) electrons. The Labute approximate surface area is 231 Å². The van der Waals surface area contributed by atoms with E-state index in [1.165, 1.54) is 12.8 Å². The first-order chi connectivity index (χ1) is 18.8. The number of nitrogens with zero attached hydrogens (tertiary/aromatic N) is 5. The molecule has 0 saturated carbocycles. The summed E-state index contributed by atoms with van der Waals surface area (Å²) in [5, 5.41) is 9.46. The summed E-state index contributed by atoms with van der Waals surface area (Å²) in [5.74, 6) is 5.10. The van der Waals surface area contributed by atoms with Crippen molar-refractivity contribution in [2.24, 2.45) is 21.7 Å². The van der Waals surface area contributed by atoms with Crippen LogP contribution in [0.1, 0.15) is 50.1 Å². The van der Waals surface area contributed by atoms with Crippen LogP contribution in [0.25, 0.3) is 5.57 Å². The standard InChI is InChI=1S/C13H17N5O.C8H13N3.C7H13NO/c1-3-11(14)10(7-16-2)9-4-5-12(17-6-9)13(8-19)18-15;1-6-8(10-3)4-7(9-2)5-11-6;1-7-3-2-4-8(7)5-6-9/h4-8H,3,14-15H2,1-2H3;4-5,9-10H,1-3H3;6-7H,2-5H2,1H3/b11-10+,16-7?,18-13-;;. The summed E-state index contributed by atoms with van der Waals surface area (Å²) in [6.45, 7) is 7.86. The topological polar surface area (TPSA) is 164 Å². The molecule has 212 valence electrons. The van der Waals surface area contributed by atoms with Crippen molar-refractivity contribution in [3.63, 3.8) is 0 Å². The molecule has 2 aromatic rings. The van der Waals surface area contributed by atoms with Gasteiger partial charge >= 0.3 is 0 Å². The monoisotopic (exact) mass is 537 g/mol. The highest BCUT2D eigenvalue weighted by molar-refractivity contribution is 6.35. The number of aromatic nitrogens is 2. The molecule has 11 nitrogen and oxygen atoms in total. The third-order valence-electron chi connectivity index (χ3n) is 6.22. The molecule has 1 atom stereocenters. The van der Waals surface area contributed by atoms with Gasteiger partial charge < -0.3 is 27.0 Å². The number of aryl methyl sites for hydroxylation is 1. The van der Waals surface area contributed by atoms with Gasteiger partial charge in [-0.15, -0.1) is 0 Å². The van der Waals surface area contributed by atoms with Gasteiger partial charge in [-0.25, -0.2) is 0 Å². The second-order valence-corrected chi connectivity index (χ2v) is 8.75. The number of likely N-dealkylation sites (tertiary alicyclic amines) is 1. The number of anilines is 2. The molecular weight excluding hydrogens is 494 g/mol. The second kappa shape index (κ2) is 18.2. The number of aldehydes is 2. The highest BCUT2D eigenvalue weighted by atomic mass is 16.1. The lowest BCUT2D eigenvalue weighted by Gasteiger charge is -2.16. The largest absolute Gasteiger partial charge is 0.402 e. The molecule has 3 heterocycles. The van der Waals surface area contributed by atoms with Gasteiger partial charge in [-0.3, -0.25) is 24.7 Å². The molecule has 1 aliphatic rings. The van der Waals surface area contributed by atoms with E-state index in [1.807, 2.05) is 40.2 Å². The Kier molecular flexibility index (Phi) is 15.3. The van der Waals surface area contributed by atoms with Crippen LogP contribution in [0.15, 0.2) is 46.4 Å². The Balaban J connectivity index is 0.000000320. The Bertz CT molecular complexity index is 1130. The van der Waals surface area contributed by atoms with E-state index >= 15 is 0 Å². The van der Waals surface area contributed by atoms with Crippen LogP contribution in [0, 0.1) is 6.92 Å². The predicted octanol–water partition coefficient (Wildman–Crippen LogP) is 2.87. The van der Waals surface area contributed by atoms with Gasteiger partial charge in [0.2, 0.25) is 0 Å². The summed E-state index contributed by atoms with van der Waals surface area (Å²) in [5.41, 5.74) is 12.0. The molecule has 1 fully saturated rings. The van der Waals surface area contributed by atoms with Crippen molar-refractivity contribution >= 4 is 41.4 Å². The lowest BCUT2D eigenvalue weighted by molar-refractivity contribution is -0.109. The van der Waals surface area contributed by atoms with Gasteiger partial charge in [-0.2, -0.15) is 5.10 Å². The highest BCUT2D eigenvalue weighted by Gasteiger charge is 2.18. The molecule has 1 aliphatic heterocycles. The molecule has 0 amide bonds. The number of hydrazone groups is 1. The van der Waals surface area contributed by atoms with Crippen molar-refractivity contribution in [1.82, 2.24) is 14.9 Å². The first-order valence-corrected chi connectivity index (χ1v) is 12.9. The molecule has 11 heteroatoms. The Morgan fingerprint density at radius 1 is 1.21 bits per heavy atom. The number of pyridine rings is 2. The van der Waals surface area contributed by atoms with Crippen LogP contribution in [-0.4, -0.2) is 79.6 Å². The smallest absolute Gasteiger partial charge is 0.172 e. The van der Waals surface area contributed by atoms with E-state index in [9.17, 15) is 9.59 Å². The molecule has 0 aromatic carbocycles. The molecule has 3 rings (SSSR count). The van der Waals surface area contributed by atoms with Crippen molar-refractivity contribution in [2.75, 3.05) is 44.9 Å². The summed E-state index contributed by atoms with van der Waals surface area (Å²) >= 11 is 0. The van der Waals surface area contributed by atoms with Crippen LogP contribution in [0.5, 0.6) is 0 Å². The summed E-state index contributed by atoms with van der Waals surface area (Å²) < 4.78 is 0. The number of nitrogens with two attached hydrogens (primary N) is 2. The van der Waals surface area contributed by atoms with Crippen LogP contribution in [-0.2, 0) is 9.59 Å². The number of hydrogen-bond acceptors (Lipinski definition) is 11. The van der Waals surface area contributed by atoms with Crippen molar-refractivity contribution in [2.45, 2.75) is 46.1 Å². The minimum absolute atomic E-state index is 0.102.